The molecule has 0 bridgehead atoms. The van der Waals surface area contributed by atoms with Crippen LogP contribution in [0.3, 0.4) is 0 Å². The van der Waals surface area contributed by atoms with Gasteiger partial charge in [-0.2, -0.15) is 0 Å². The molecule has 6 nitrogen and oxygen atoms in total. The number of unbranched alkanes of at least 4 members (excludes halogenated alkanes) is 1. The summed E-state index contributed by atoms with van der Waals surface area (Å²) in [6.45, 7) is 4.09. The van der Waals surface area contributed by atoms with E-state index in [4.69, 9.17) is 14.5 Å². The topological polar surface area (TPSA) is 65.4 Å². The average Bonchev–Trinajstić information content (AvgIpc) is 3.14. The van der Waals surface area contributed by atoms with Gasteiger partial charge in [0.2, 0.25) is 5.91 Å². The quantitative estimate of drug-likeness (QED) is 0.451. The second-order valence-electron chi connectivity index (χ2n) is 7.18. The van der Waals surface area contributed by atoms with E-state index >= 15 is 0 Å². The molecule has 0 spiro atoms. The van der Waals surface area contributed by atoms with Crippen LogP contribution in [-0.4, -0.2) is 35.7 Å². The van der Waals surface area contributed by atoms with Gasteiger partial charge in [0.15, 0.2) is 11.5 Å². The Balaban J connectivity index is 1.54. The van der Waals surface area contributed by atoms with Gasteiger partial charge in [-0.05, 0) is 43.5 Å². The van der Waals surface area contributed by atoms with E-state index in [1.807, 2.05) is 37.3 Å². The first-order valence-corrected chi connectivity index (χ1v) is 10.7. The highest BCUT2D eigenvalue weighted by Crippen LogP contribution is 2.26. The number of para-hydroxylation sites is 4. The highest BCUT2D eigenvalue weighted by Gasteiger charge is 2.10. The summed E-state index contributed by atoms with van der Waals surface area (Å²) in [6.07, 6.45) is 4.18. The van der Waals surface area contributed by atoms with Crippen LogP contribution in [0.5, 0.6) is 11.5 Å². The average molecular weight is 410 g/mol. The number of benzene rings is 2. The Morgan fingerprint density at radius 3 is 2.60 bits per heavy atom. The molecular formula is C24H31N3O3. The molecule has 30 heavy (non-hydrogen) atoms. The molecule has 3 rings (SSSR count). The summed E-state index contributed by atoms with van der Waals surface area (Å²) >= 11 is 0. The van der Waals surface area contributed by atoms with Crippen molar-refractivity contribution in [3.8, 4) is 11.5 Å². The summed E-state index contributed by atoms with van der Waals surface area (Å²) in [5.41, 5.74) is 2.19. The van der Waals surface area contributed by atoms with Crippen LogP contribution < -0.4 is 14.8 Å². The third-order valence-corrected chi connectivity index (χ3v) is 5.06. The number of carbonyl (C=O) groups is 1. The summed E-state index contributed by atoms with van der Waals surface area (Å²) in [7, 11) is 1.65. The van der Waals surface area contributed by atoms with Crippen LogP contribution in [0.4, 0.5) is 0 Å². The van der Waals surface area contributed by atoms with Gasteiger partial charge in [0.05, 0.1) is 24.8 Å². The highest BCUT2D eigenvalue weighted by molar-refractivity contribution is 5.76. The Hall–Kier alpha value is -3.02. The molecule has 0 aliphatic rings. The summed E-state index contributed by atoms with van der Waals surface area (Å²) in [5, 5.41) is 2.94. The lowest BCUT2D eigenvalue weighted by molar-refractivity contribution is -0.120. The summed E-state index contributed by atoms with van der Waals surface area (Å²) in [4.78, 5) is 16.2. The van der Waals surface area contributed by atoms with Crippen molar-refractivity contribution in [2.75, 3.05) is 20.3 Å². The van der Waals surface area contributed by atoms with Crippen molar-refractivity contribution >= 4 is 16.9 Å². The first kappa shape index (κ1) is 21.7. The van der Waals surface area contributed by atoms with E-state index in [-0.39, 0.29) is 5.91 Å². The Kier molecular flexibility index (Phi) is 8.12. The fourth-order valence-corrected chi connectivity index (χ4v) is 3.46. The number of nitrogens with zero attached hydrogens (tertiary/aromatic N) is 2. The van der Waals surface area contributed by atoms with Crippen LogP contribution in [-0.2, 0) is 17.8 Å². The van der Waals surface area contributed by atoms with Crippen molar-refractivity contribution in [3.05, 3.63) is 54.4 Å². The van der Waals surface area contributed by atoms with E-state index < -0.39 is 0 Å². The molecule has 1 heterocycles. The number of nitrogens with one attached hydrogen (secondary N) is 1. The van der Waals surface area contributed by atoms with Gasteiger partial charge in [-0.3, -0.25) is 4.79 Å². The standard InChI is InChI=1S/C24H31N3O3/c1-3-24(28)25-16-10-15-23-26-19-11-4-5-12-20(19)27(23)17-8-9-18-30-22-14-7-6-13-21(22)29-2/h4-7,11-14H,3,8-10,15-18H2,1-2H3,(H,25,28). The lowest BCUT2D eigenvalue weighted by Crippen LogP contribution is -2.23. The zero-order valence-corrected chi connectivity index (χ0v) is 17.9. The fraction of sp³-hybridized carbons (Fsp3) is 0.417. The smallest absolute Gasteiger partial charge is 0.219 e. The predicted octanol–water partition coefficient (Wildman–Crippen LogP) is 4.36. The minimum atomic E-state index is 0.0959. The summed E-state index contributed by atoms with van der Waals surface area (Å²) in [5.74, 6) is 2.71. The van der Waals surface area contributed by atoms with Crippen molar-refractivity contribution in [1.29, 1.82) is 0 Å². The van der Waals surface area contributed by atoms with Crippen LogP contribution >= 0.6 is 0 Å². The number of ether oxygens (including phenoxy) is 2. The predicted molar refractivity (Wildman–Crippen MR) is 119 cm³/mol. The van der Waals surface area contributed by atoms with Gasteiger partial charge in [-0.1, -0.05) is 31.2 Å². The number of aromatic nitrogens is 2. The Bertz CT molecular complexity index is 952. The molecule has 160 valence electrons. The first-order chi connectivity index (χ1) is 14.7. The van der Waals surface area contributed by atoms with Gasteiger partial charge in [0.1, 0.15) is 5.82 Å². The fourth-order valence-electron chi connectivity index (χ4n) is 3.46. The third kappa shape index (κ3) is 5.75. The maximum atomic E-state index is 11.4. The van der Waals surface area contributed by atoms with Gasteiger partial charge in [0.25, 0.3) is 0 Å². The van der Waals surface area contributed by atoms with Crippen molar-refractivity contribution in [1.82, 2.24) is 14.9 Å². The minimum Gasteiger partial charge on any atom is -0.493 e. The zero-order chi connectivity index (χ0) is 21.2. The number of carbonyl (C=O) groups excluding carboxylic acids is 1. The normalized spacial score (nSPS) is 10.9. The molecule has 0 radical (unpaired) electrons. The van der Waals surface area contributed by atoms with Crippen molar-refractivity contribution in [2.45, 2.75) is 45.6 Å². The monoisotopic (exact) mass is 409 g/mol. The van der Waals surface area contributed by atoms with Crippen molar-refractivity contribution < 1.29 is 14.3 Å². The number of rotatable bonds is 12. The van der Waals surface area contributed by atoms with Gasteiger partial charge < -0.3 is 19.4 Å². The van der Waals surface area contributed by atoms with E-state index in [1.54, 1.807) is 7.11 Å². The maximum Gasteiger partial charge on any atom is 0.219 e. The number of fused-ring (bicyclic) bond motifs is 1. The molecule has 0 unspecified atom stereocenters. The Labute approximate surface area is 178 Å². The largest absolute Gasteiger partial charge is 0.493 e. The number of amides is 1. The summed E-state index contributed by atoms with van der Waals surface area (Å²) < 4.78 is 13.5. The SMILES string of the molecule is CCC(=O)NCCCc1nc2ccccc2n1CCCCOc1ccccc1OC. The van der Waals surface area contributed by atoms with E-state index in [2.05, 4.69) is 28.1 Å². The Morgan fingerprint density at radius 2 is 1.80 bits per heavy atom. The lowest BCUT2D eigenvalue weighted by atomic mass is 10.2. The van der Waals surface area contributed by atoms with Crippen LogP contribution in [0, 0.1) is 0 Å². The number of hydrogen-bond donors (Lipinski definition) is 1. The molecule has 0 atom stereocenters. The molecule has 0 saturated heterocycles. The van der Waals surface area contributed by atoms with Crippen molar-refractivity contribution in [3.63, 3.8) is 0 Å². The molecule has 0 fully saturated rings. The molecule has 1 aromatic heterocycles. The number of methoxy groups -OCH3 is 1. The molecule has 2 aromatic carbocycles. The maximum absolute atomic E-state index is 11.4. The number of hydrogen-bond acceptors (Lipinski definition) is 4. The molecular weight excluding hydrogens is 378 g/mol. The molecule has 6 heteroatoms. The molecule has 1 N–H and O–H groups in total. The lowest BCUT2D eigenvalue weighted by Gasteiger charge is -2.12. The minimum absolute atomic E-state index is 0.0959. The van der Waals surface area contributed by atoms with Gasteiger partial charge >= 0.3 is 0 Å². The molecule has 1 amide bonds. The van der Waals surface area contributed by atoms with Gasteiger partial charge in [-0.15, -0.1) is 0 Å². The van der Waals surface area contributed by atoms with E-state index in [9.17, 15) is 4.79 Å². The Morgan fingerprint density at radius 1 is 1.03 bits per heavy atom. The molecule has 0 aliphatic heterocycles. The van der Waals surface area contributed by atoms with Crippen molar-refractivity contribution in [2.24, 2.45) is 0 Å². The van der Waals surface area contributed by atoms with Crippen LogP contribution in [0.1, 0.15) is 38.4 Å². The highest BCUT2D eigenvalue weighted by atomic mass is 16.5. The van der Waals surface area contributed by atoms with Crippen LogP contribution in [0.15, 0.2) is 48.5 Å². The van der Waals surface area contributed by atoms with Gasteiger partial charge in [-0.25, -0.2) is 4.98 Å². The first-order valence-electron chi connectivity index (χ1n) is 10.7. The third-order valence-electron chi connectivity index (χ3n) is 5.06. The second kappa shape index (κ2) is 11.2. The molecule has 3 aromatic rings. The zero-order valence-electron chi connectivity index (χ0n) is 17.9. The number of imidazole rings is 1. The van der Waals surface area contributed by atoms with Crippen LogP contribution in [0.2, 0.25) is 0 Å². The summed E-state index contributed by atoms with van der Waals surface area (Å²) in [6, 6.07) is 16.0. The van der Waals surface area contributed by atoms with E-state index in [1.165, 1.54) is 0 Å². The number of aryl methyl sites for hydroxylation is 2. The van der Waals surface area contributed by atoms with Gasteiger partial charge in [0, 0.05) is 25.9 Å². The van der Waals surface area contributed by atoms with E-state index in [0.29, 0.717) is 19.6 Å². The van der Waals surface area contributed by atoms with E-state index in [0.717, 1.165) is 60.6 Å². The van der Waals surface area contributed by atoms with Crippen LogP contribution in [0.25, 0.3) is 11.0 Å². The molecule has 0 aliphatic carbocycles. The molecule has 0 saturated carbocycles. The second-order valence-corrected chi connectivity index (χ2v) is 7.18.